The second-order valence-corrected chi connectivity index (χ2v) is 7.13. The molecule has 1 aromatic heterocycles. The average molecular weight is 431 g/mol. The number of aromatic nitrogens is 1. The molecule has 5 nitrogen and oxygen atoms in total. The molecule has 0 saturated carbocycles. The van der Waals surface area contributed by atoms with Gasteiger partial charge in [-0.05, 0) is 37.3 Å². The fraction of sp³-hybridized carbons (Fsp3) is 0.368. The number of carbonyl (C=O) groups is 1. The van der Waals surface area contributed by atoms with Gasteiger partial charge in [-0.1, -0.05) is 11.6 Å². The predicted molar refractivity (Wildman–Crippen MR) is 103 cm³/mol. The van der Waals surface area contributed by atoms with Gasteiger partial charge in [0.2, 0.25) is 5.91 Å². The normalized spacial score (nSPS) is 16.6. The first-order chi connectivity index (χ1) is 13.6. The Morgan fingerprint density at radius 1 is 1.17 bits per heavy atom. The summed E-state index contributed by atoms with van der Waals surface area (Å²) in [5.74, 6) is -0.352. The Bertz CT molecular complexity index is 868. The van der Waals surface area contributed by atoms with E-state index in [1.165, 1.54) is 24.3 Å². The van der Waals surface area contributed by atoms with Crippen LogP contribution in [0.15, 0.2) is 36.5 Å². The summed E-state index contributed by atoms with van der Waals surface area (Å²) in [4.78, 5) is 20.2. The minimum Gasteiger partial charge on any atom is -0.354 e. The largest absolute Gasteiger partial charge is 0.417 e. The number of alkyl halides is 3. The van der Waals surface area contributed by atoms with Crippen molar-refractivity contribution in [3.8, 4) is 0 Å². The van der Waals surface area contributed by atoms with E-state index in [1.807, 2.05) is 9.80 Å². The minimum absolute atomic E-state index is 0.0758. The maximum Gasteiger partial charge on any atom is 0.417 e. The molecule has 1 aromatic carbocycles. The van der Waals surface area contributed by atoms with Crippen LogP contribution >= 0.6 is 11.6 Å². The van der Waals surface area contributed by atoms with E-state index >= 15 is 0 Å². The van der Waals surface area contributed by atoms with Gasteiger partial charge in [0, 0.05) is 38.1 Å². The predicted octanol–water partition coefficient (Wildman–Crippen LogP) is 4.04. The molecule has 29 heavy (non-hydrogen) atoms. The van der Waals surface area contributed by atoms with E-state index in [-0.39, 0.29) is 10.9 Å². The molecule has 10 heteroatoms. The fourth-order valence-electron chi connectivity index (χ4n) is 3.07. The van der Waals surface area contributed by atoms with Crippen molar-refractivity contribution in [2.75, 3.05) is 36.4 Å². The van der Waals surface area contributed by atoms with E-state index in [0.717, 1.165) is 12.3 Å². The molecule has 1 amide bonds. The Morgan fingerprint density at radius 3 is 2.41 bits per heavy atom. The molecule has 2 aromatic rings. The molecule has 1 fully saturated rings. The fourth-order valence-corrected chi connectivity index (χ4v) is 3.25. The molecule has 1 N–H and O–H groups in total. The van der Waals surface area contributed by atoms with Crippen molar-refractivity contribution in [1.29, 1.82) is 0 Å². The summed E-state index contributed by atoms with van der Waals surface area (Å²) < 4.78 is 51.2. The zero-order valence-electron chi connectivity index (χ0n) is 15.5. The van der Waals surface area contributed by atoms with E-state index in [9.17, 15) is 22.4 Å². The first kappa shape index (κ1) is 21.3. The van der Waals surface area contributed by atoms with Crippen LogP contribution in [0.1, 0.15) is 12.5 Å². The monoisotopic (exact) mass is 430 g/mol. The lowest BCUT2D eigenvalue weighted by atomic mass is 10.2. The maximum atomic E-state index is 13.2. The number of carbonyl (C=O) groups excluding carboxylic acids is 1. The van der Waals surface area contributed by atoms with Crippen molar-refractivity contribution < 1.29 is 22.4 Å². The lowest BCUT2D eigenvalue weighted by Gasteiger charge is -2.38. The second kappa shape index (κ2) is 8.54. The zero-order chi connectivity index (χ0) is 21.2. The summed E-state index contributed by atoms with van der Waals surface area (Å²) in [6, 6.07) is 5.88. The van der Waals surface area contributed by atoms with Gasteiger partial charge >= 0.3 is 6.18 Å². The molecule has 2 heterocycles. The van der Waals surface area contributed by atoms with Crippen LogP contribution in [0.25, 0.3) is 0 Å². The summed E-state index contributed by atoms with van der Waals surface area (Å²) in [5.41, 5.74) is -0.382. The van der Waals surface area contributed by atoms with Gasteiger partial charge in [0.05, 0.1) is 16.6 Å². The highest BCUT2D eigenvalue weighted by molar-refractivity contribution is 6.31. The second-order valence-electron chi connectivity index (χ2n) is 6.72. The number of nitrogens with one attached hydrogen (secondary N) is 1. The van der Waals surface area contributed by atoms with Crippen LogP contribution in [0.3, 0.4) is 0 Å². The lowest BCUT2D eigenvalue weighted by molar-refractivity contribution is -0.137. The number of rotatable bonds is 4. The first-order valence-corrected chi connectivity index (χ1v) is 9.31. The van der Waals surface area contributed by atoms with Gasteiger partial charge in [0.15, 0.2) is 0 Å². The summed E-state index contributed by atoms with van der Waals surface area (Å²) in [6.45, 7) is 3.89. The molecule has 1 saturated heterocycles. The SMILES string of the molecule is CC(C(=O)Nc1ccc(F)c(Cl)c1)N1CCN(c2ccc(C(F)(F)F)cn2)CC1. The number of piperazine rings is 1. The number of hydrogen-bond acceptors (Lipinski definition) is 4. The smallest absolute Gasteiger partial charge is 0.354 e. The van der Waals surface area contributed by atoms with Crippen molar-refractivity contribution in [3.63, 3.8) is 0 Å². The molecule has 1 unspecified atom stereocenters. The van der Waals surface area contributed by atoms with E-state index in [1.54, 1.807) is 6.92 Å². The van der Waals surface area contributed by atoms with Gasteiger partial charge in [-0.3, -0.25) is 9.69 Å². The third kappa shape index (κ3) is 5.16. The maximum absolute atomic E-state index is 13.2. The highest BCUT2D eigenvalue weighted by atomic mass is 35.5. The number of nitrogens with zero attached hydrogens (tertiary/aromatic N) is 3. The van der Waals surface area contributed by atoms with Crippen LogP contribution in [0, 0.1) is 5.82 Å². The molecule has 0 spiro atoms. The van der Waals surface area contributed by atoms with Crippen LogP contribution in [0.5, 0.6) is 0 Å². The van der Waals surface area contributed by atoms with Gasteiger partial charge in [0.25, 0.3) is 0 Å². The number of pyridine rings is 1. The van der Waals surface area contributed by atoms with Crippen LogP contribution in [-0.4, -0.2) is 48.0 Å². The number of hydrogen-bond donors (Lipinski definition) is 1. The molecule has 1 aliphatic rings. The van der Waals surface area contributed by atoms with Crippen LogP contribution < -0.4 is 10.2 Å². The Balaban J connectivity index is 1.55. The van der Waals surface area contributed by atoms with Crippen molar-refractivity contribution >= 4 is 29.0 Å². The number of halogens is 5. The molecule has 1 aliphatic heterocycles. The Kier molecular flexibility index (Phi) is 6.28. The molecular weight excluding hydrogens is 412 g/mol. The van der Waals surface area contributed by atoms with Gasteiger partial charge < -0.3 is 10.2 Å². The molecule has 0 bridgehead atoms. The van der Waals surface area contributed by atoms with Crippen molar-refractivity contribution in [1.82, 2.24) is 9.88 Å². The molecule has 3 rings (SSSR count). The van der Waals surface area contributed by atoms with Gasteiger partial charge in [-0.2, -0.15) is 13.2 Å². The van der Waals surface area contributed by atoms with Crippen LogP contribution in [-0.2, 0) is 11.0 Å². The van der Waals surface area contributed by atoms with E-state index in [2.05, 4.69) is 10.3 Å². The van der Waals surface area contributed by atoms with Gasteiger partial charge in [-0.25, -0.2) is 9.37 Å². The molecule has 0 aliphatic carbocycles. The van der Waals surface area contributed by atoms with Crippen molar-refractivity contribution in [2.24, 2.45) is 0 Å². The highest BCUT2D eigenvalue weighted by Crippen LogP contribution is 2.29. The number of amides is 1. The summed E-state index contributed by atoms with van der Waals surface area (Å²) in [5, 5.41) is 2.63. The minimum atomic E-state index is -4.41. The molecule has 156 valence electrons. The van der Waals surface area contributed by atoms with Gasteiger partial charge in [0.1, 0.15) is 11.6 Å². The quantitative estimate of drug-likeness (QED) is 0.744. The van der Waals surface area contributed by atoms with Crippen molar-refractivity contribution in [2.45, 2.75) is 19.1 Å². The third-order valence-corrected chi connectivity index (χ3v) is 5.12. The highest BCUT2D eigenvalue weighted by Gasteiger charge is 2.31. The standard InChI is InChI=1S/C19H19ClF4N4O/c1-12(18(29)26-14-3-4-16(21)15(20)10-14)27-6-8-28(9-7-27)17-5-2-13(11-25-17)19(22,23)24/h2-5,10-12H,6-9H2,1H3,(H,26,29). The van der Waals surface area contributed by atoms with E-state index in [4.69, 9.17) is 11.6 Å². The zero-order valence-corrected chi connectivity index (χ0v) is 16.3. The number of anilines is 2. The molecule has 0 radical (unpaired) electrons. The number of benzene rings is 1. The Labute approximate surface area is 170 Å². The van der Waals surface area contributed by atoms with Crippen molar-refractivity contribution in [3.05, 3.63) is 52.9 Å². The Hall–Kier alpha value is -2.39. The van der Waals surface area contributed by atoms with Gasteiger partial charge in [-0.15, -0.1) is 0 Å². The molecular formula is C19H19ClF4N4O. The molecule has 1 atom stereocenters. The topological polar surface area (TPSA) is 48.5 Å². The average Bonchev–Trinajstić information content (AvgIpc) is 2.70. The summed E-state index contributed by atoms with van der Waals surface area (Å²) in [6.07, 6.45) is -3.59. The van der Waals surface area contributed by atoms with Crippen LogP contribution in [0.2, 0.25) is 5.02 Å². The summed E-state index contributed by atoms with van der Waals surface area (Å²) >= 11 is 5.72. The summed E-state index contributed by atoms with van der Waals surface area (Å²) in [7, 11) is 0. The van der Waals surface area contributed by atoms with Crippen LogP contribution in [0.4, 0.5) is 29.1 Å². The van der Waals surface area contributed by atoms with E-state index in [0.29, 0.717) is 37.7 Å². The Morgan fingerprint density at radius 2 is 1.86 bits per heavy atom. The lowest BCUT2D eigenvalue weighted by Crippen LogP contribution is -2.53. The van der Waals surface area contributed by atoms with E-state index < -0.39 is 23.6 Å². The third-order valence-electron chi connectivity index (χ3n) is 4.83. The first-order valence-electron chi connectivity index (χ1n) is 8.93.